The third-order valence-corrected chi connectivity index (χ3v) is 14.9. The van der Waals surface area contributed by atoms with Crippen LogP contribution in [-0.2, 0) is 28.6 Å². The smallest absolute Gasteiger partial charge is 0.306 e. The van der Waals surface area contributed by atoms with E-state index in [1.54, 1.807) is 0 Å². The van der Waals surface area contributed by atoms with Crippen molar-refractivity contribution in [3.05, 3.63) is 48.6 Å². The molecule has 6 nitrogen and oxygen atoms in total. The van der Waals surface area contributed by atoms with Gasteiger partial charge in [0.1, 0.15) is 13.2 Å². The fourth-order valence-corrected chi connectivity index (χ4v) is 9.93. The van der Waals surface area contributed by atoms with E-state index in [0.29, 0.717) is 19.3 Å². The van der Waals surface area contributed by atoms with Gasteiger partial charge in [-0.1, -0.05) is 339 Å². The van der Waals surface area contributed by atoms with Gasteiger partial charge in [-0.3, -0.25) is 14.4 Å². The third-order valence-electron chi connectivity index (χ3n) is 14.9. The highest BCUT2D eigenvalue weighted by molar-refractivity contribution is 5.71. The van der Waals surface area contributed by atoms with E-state index in [9.17, 15) is 14.4 Å². The quantitative estimate of drug-likeness (QED) is 0.0261. The van der Waals surface area contributed by atoms with Crippen LogP contribution in [0.3, 0.4) is 0 Å². The summed E-state index contributed by atoms with van der Waals surface area (Å²) in [5.74, 6) is -0.961. The van der Waals surface area contributed by atoms with Gasteiger partial charge in [0.15, 0.2) is 6.10 Å². The topological polar surface area (TPSA) is 78.9 Å². The molecule has 6 heteroatoms. The number of hydrogen-bond donors (Lipinski definition) is 0. The summed E-state index contributed by atoms with van der Waals surface area (Å²) in [5.41, 5.74) is 0. The Morgan fingerprint density at radius 2 is 0.520 bits per heavy atom. The van der Waals surface area contributed by atoms with Crippen molar-refractivity contribution in [2.75, 3.05) is 13.2 Å². The summed E-state index contributed by atoms with van der Waals surface area (Å²) < 4.78 is 16.8. The van der Waals surface area contributed by atoms with Gasteiger partial charge in [0.25, 0.3) is 0 Å². The molecule has 0 radical (unpaired) electrons. The van der Waals surface area contributed by atoms with E-state index in [0.717, 1.165) is 64.2 Å². The molecule has 0 saturated carbocycles. The number of ether oxygens (including phenoxy) is 3. The number of carbonyl (C=O) groups excluding carboxylic acids is 3. The van der Waals surface area contributed by atoms with Crippen LogP contribution in [0.4, 0.5) is 0 Å². The molecule has 0 N–H and O–H groups in total. The zero-order chi connectivity index (χ0) is 54.3. The van der Waals surface area contributed by atoms with Crippen LogP contribution in [0.2, 0.25) is 0 Å². The molecule has 438 valence electrons. The average Bonchev–Trinajstić information content (AvgIpc) is 3.41. The van der Waals surface area contributed by atoms with E-state index in [-0.39, 0.29) is 37.5 Å². The Morgan fingerprint density at radius 3 is 0.787 bits per heavy atom. The first kappa shape index (κ1) is 72.4. The van der Waals surface area contributed by atoms with Crippen LogP contribution in [-0.4, -0.2) is 37.2 Å². The summed E-state index contributed by atoms with van der Waals surface area (Å²) in [6.07, 6.45) is 80.4. The van der Waals surface area contributed by atoms with Crippen molar-refractivity contribution in [1.82, 2.24) is 0 Å². The largest absolute Gasteiger partial charge is 0.462 e. The van der Waals surface area contributed by atoms with Gasteiger partial charge in [0.05, 0.1) is 0 Å². The highest BCUT2D eigenvalue weighted by Gasteiger charge is 2.19. The minimum Gasteiger partial charge on any atom is -0.462 e. The van der Waals surface area contributed by atoms with Crippen LogP contribution < -0.4 is 0 Å². The Morgan fingerprint density at radius 1 is 0.280 bits per heavy atom. The molecule has 0 heterocycles. The van der Waals surface area contributed by atoms with Crippen molar-refractivity contribution in [3.63, 3.8) is 0 Å². The third kappa shape index (κ3) is 62.1. The van der Waals surface area contributed by atoms with E-state index in [4.69, 9.17) is 14.2 Å². The van der Waals surface area contributed by atoms with Gasteiger partial charge in [0.2, 0.25) is 0 Å². The second-order valence-corrected chi connectivity index (χ2v) is 22.4. The van der Waals surface area contributed by atoms with E-state index >= 15 is 0 Å². The molecule has 1 unspecified atom stereocenters. The summed E-state index contributed by atoms with van der Waals surface area (Å²) in [4.78, 5) is 38.1. The SMILES string of the molecule is CC/C=C\C/C=C\C/C=C\C/C=C\CCC(=O)OC(COC(=O)CCCCCCCCCCCCCC)COC(=O)CCCCCCCCCCCCCCCCCCCCCCCCCCCCCCCCCC. The standard InChI is InChI=1S/C69H126O6/c1-4-7-10-13-16-19-22-25-26-27-28-29-30-31-32-33-34-35-36-37-38-39-40-41-42-43-45-47-50-53-56-59-62-68(71)74-65-66(64-73-67(70)61-58-55-52-49-46-24-21-18-15-12-9-6-3)75-69(72)63-60-57-54-51-48-44-23-20-17-14-11-8-5-2/h8,11,17,20,44,48,54,57,66H,4-7,9-10,12-16,18-19,21-43,45-47,49-53,55-56,58-65H2,1-3H3/b11-8-,20-17-,48-44-,57-54-. The zero-order valence-corrected chi connectivity index (χ0v) is 50.3. The number of hydrogen-bond acceptors (Lipinski definition) is 6. The Hall–Kier alpha value is -2.63. The van der Waals surface area contributed by atoms with E-state index in [2.05, 4.69) is 63.3 Å². The molecule has 0 aromatic rings. The molecule has 0 aliphatic heterocycles. The van der Waals surface area contributed by atoms with Crippen LogP contribution in [0.25, 0.3) is 0 Å². The van der Waals surface area contributed by atoms with E-state index in [1.165, 1.54) is 244 Å². The van der Waals surface area contributed by atoms with Gasteiger partial charge in [-0.2, -0.15) is 0 Å². The molecular weight excluding hydrogens is 925 g/mol. The summed E-state index contributed by atoms with van der Waals surface area (Å²) in [7, 11) is 0. The van der Waals surface area contributed by atoms with Crippen LogP contribution in [0.15, 0.2) is 48.6 Å². The fraction of sp³-hybridized carbons (Fsp3) is 0.841. The lowest BCUT2D eigenvalue weighted by Crippen LogP contribution is -2.30. The maximum absolute atomic E-state index is 12.8. The van der Waals surface area contributed by atoms with Gasteiger partial charge >= 0.3 is 17.9 Å². The highest BCUT2D eigenvalue weighted by Crippen LogP contribution is 2.18. The van der Waals surface area contributed by atoms with Crippen molar-refractivity contribution >= 4 is 17.9 Å². The van der Waals surface area contributed by atoms with Gasteiger partial charge in [-0.05, 0) is 44.9 Å². The van der Waals surface area contributed by atoms with Crippen LogP contribution in [0.5, 0.6) is 0 Å². The van der Waals surface area contributed by atoms with Crippen LogP contribution in [0.1, 0.15) is 355 Å². The minimum absolute atomic E-state index is 0.0972. The lowest BCUT2D eigenvalue weighted by Gasteiger charge is -2.18. The second-order valence-electron chi connectivity index (χ2n) is 22.4. The molecule has 0 amide bonds. The van der Waals surface area contributed by atoms with Gasteiger partial charge in [-0.15, -0.1) is 0 Å². The van der Waals surface area contributed by atoms with Crippen molar-refractivity contribution in [1.29, 1.82) is 0 Å². The molecule has 0 saturated heterocycles. The van der Waals surface area contributed by atoms with Crippen LogP contribution >= 0.6 is 0 Å². The molecule has 75 heavy (non-hydrogen) atoms. The number of rotatable bonds is 61. The zero-order valence-electron chi connectivity index (χ0n) is 50.3. The molecule has 0 rings (SSSR count). The molecule has 0 spiro atoms. The number of unbranched alkanes of at least 4 members (excludes halogenated alkanes) is 42. The second kappa shape index (κ2) is 63.9. The fourth-order valence-electron chi connectivity index (χ4n) is 9.93. The van der Waals surface area contributed by atoms with Gasteiger partial charge < -0.3 is 14.2 Å². The number of esters is 3. The van der Waals surface area contributed by atoms with E-state index < -0.39 is 6.10 Å². The Bertz CT molecular complexity index is 1300. The normalized spacial score (nSPS) is 12.3. The van der Waals surface area contributed by atoms with Crippen molar-refractivity contribution in [2.45, 2.75) is 361 Å². The summed E-state index contributed by atoms with van der Waals surface area (Å²) in [6.45, 7) is 6.51. The summed E-state index contributed by atoms with van der Waals surface area (Å²) >= 11 is 0. The molecular formula is C69H126O6. The summed E-state index contributed by atoms with van der Waals surface area (Å²) in [6, 6.07) is 0. The first-order valence-electron chi connectivity index (χ1n) is 33.1. The summed E-state index contributed by atoms with van der Waals surface area (Å²) in [5, 5.41) is 0. The molecule has 1 atom stereocenters. The molecule has 0 aromatic carbocycles. The Balaban J connectivity index is 4.07. The first-order chi connectivity index (χ1) is 37.0. The van der Waals surface area contributed by atoms with Gasteiger partial charge in [0, 0.05) is 19.3 Å². The predicted molar refractivity (Wildman–Crippen MR) is 325 cm³/mol. The molecule has 0 aliphatic carbocycles. The first-order valence-corrected chi connectivity index (χ1v) is 33.1. The van der Waals surface area contributed by atoms with Crippen molar-refractivity contribution in [3.8, 4) is 0 Å². The monoisotopic (exact) mass is 1050 g/mol. The van der Waals surface area contributed by atoms with Crippen LogP contribution in [0, 0.1) is 0 Å². The number of allylic oxidation sites excluding steroid dienone is 8. The maximum Gasteiger partial charge on any atom is 0.306 e. The van der Waals surface area contributed by atoms with Crippen molar-refractivity contribution < 1.29 is 28.6 Å². The maximum atomic E-state index is 12.8. The average molecular weight is 1050 g/mol. The molecule has 0 fully saturated rings. The lowest BCUT2D eigenvalue weighted by atomic mass is 10.0. The predicted octanol–water partition coefficient (Wildman–Crippen LogP) is 22.6. The Kier molecular flexibility index (Phi) is 61.7. The minimum atomic E-state index is -0.807. The molecule has 0 aromatic heterocycles. The molecule has 0 bridgehead atoms. The van der Waals surface area contributed by atoms with Gasteiger partial charge in [-0.25, -0.2) is 0 Å². The lowest BCUT2D eigenvalue weighted by molar-refractivity contribution is -0.166. The number of carbonyl (C=O) groups is 3. The highest BCUT2D eigenvalue weighted by atomic mass is 16.6. The molecule has 0 aliphatic rings. The van der Waals surface area contributed by atoms with Crippen molar-refractivity contribution in [2.24, 2.45) is 0 Å². The van der Waals surface area contributed by atoms with E-state index in [1.807, 2.05) is 6.08 Å². The Labute approximate surface area is 467 Å².